The normalized spacial score (nSPS) is 10.8. The van der Waals surface area contributed by atoms with Crippen LogP contribution in [0, 0.1) is 13.8 Å². The monoisotopic (exact) mass is 418 g/mol. The number of anilines is 1. The van der Waals surface area contributed by atoms with Crippen molar-refractivity contribution in [1.29, 1.82) is 0 Å². The lowest BCUT2D eigenvalue weighted by Crippen LogP contribution is -2.17. The number of aryl methyl sites for hydroxylation is 2. The Kier molecular flexibility index (Phi) is 5.44. The quantitative estimate of drug-likeness (QED) is 0.498. The van der Waals surface area contributed by atoms with Gasteiger partial charge in [-0.1, -0.05) is 12.1 Å². The first kappa shape index (κ1) is 20.2. The number of fused-ring (bicyclic) bond motifs is 1. The van der Waals surface area contributed by atoms with Gasteiger partial charge < -0.3 is 14.8 Å². The Morgan fingerprint density at radius 3 is 2.52 bits per heavy atom. The van der Waals surface area contributed by atoms with Crippen LogP contribution in [0.5, 0.6) is 17.2 Å². The van der Waals surface area contributed by atoms with Crippen molar-refractivity contribution in [1.82, 2.24) is 14.6 Å². The highest BCUT2D eigenvalue weighted by Gasteiger charge is 2.14. The lowest BCUT2D eigenvalue weighted by Gasteiger charge is -2.12. The van der Waals surface area contributed by atoms with Crippen molar-refractivity contribution >= 4 is 17.2 Å². The van der Waals surface area contributed by atoms with Gasteiger partial charge in [-0.2, -0.15) is 0 Å². The van der Waals surface area contributed by atoms with Crippen molar-refractivity contribution in [2.45, 2.75) is 20.3 Å². The molecule has 0 saturated carbocycles. The molecule has 0 spiro atoms. The predicted molar refractivity (Wildman–Crippen MR) is 117 cm³/mol. The third-order valence-corrected chi connectivity index (χ3v) is 4.97. The van der Waals surface area contributed by atoms with Gasteiger partial charge in [0.15, 0.2) is 17.1 Å². The van der Waals surface area contributed by atoms with Crippen LogP contribution in [0.25, 0.3) is 5.65 Å². The van der Waals surface area contributed by atoms with E-state index in [2.05, 4.69) is 15.4 Å². The van der Waals surface area contributed by atoms with Gasteiger partial charge in [-0.25, -0.2) is 9.50 Å². The minimum atomic E-state index is -0.230. The molecule has 4 rings (SSSR count). The second kappa shape index (κ2) is 8.35. The molecule has 0 unspecified atom stereocenters. The van der Waals surface area contributed by atoms with Gasteiger partial charge in [0, 0.05) is 28.7 Å². The molecule has 158 valence electrons. The predicted octanol–water partition coefficient (Wildman–Crippen LogP) is 3.62. The van der Waals surface area contributed by atoms with Crippen molar-refractivity contribution in [2.24, 2.45) is 0 Å². The molecule has 8 heteroatoms. The number of benzene rings is 2. The number of nitrogens with one attached hydrogen (secondary N) is 2. The van der Waals surface area contributed by atoms with Gasteiger partial charge in [0.25, 0.3) is 5.56 Å². The summed E-state index contributed by atoms with van der Waals surface area (Å²) < 4.78 is 12.7. The molecule has 4 aromatic rings. The standard InChI is InChI=1S/C23H22N4O4/c1-14-18(15(2)27-21(24-14)13-23(29)26-27)12-22(28)25-16-8-10-17(11-9-16)31-20-7-5-4-6-19(20)30-3/h4-11,13H,12H2,1-3H3,(H,25,28)(H,26,29). The molecular weight excluding hydrogens is 396 g/mol. The molecule has 0 atom stereocenters. The second-order valence-corrected chi connectivity index (χ2v) is 7.08. The first-order valence-electron chi connectivity index (χ1n) is 9.73. The minimum absolute atomic E-state index is 0.139. The highest BCUT2D eigenvalue weighted by Crippen LogP contribution is 2.31. The summed E-state index contributed by atoms with van der Waals surface area (Å²) in [5, 5.41) is 5.58. The van der Waals surface area contributed by atoms with Gasteiger partial charge >= 0.3 is 0 Å². The van der Waals surface area contributed by atoms with E-state index < -0.39 is 0 Å². The van der Waals surface area contributed by atoms with Crippen molar-refractivity contribution < 1.29 is 14.3 Å². The fourth-order valence-electron chi connectivity index (χ4n) is 3.41. The van der Waals surface area contributed by atoms with Crippen LogP contribution < -0.4 is 20.3 Å². The Hall–Kier alpha value is -4.07. The van der Waals surface area contributed by atoms with Crippen LogP contribution in [0.3, 0.4) is 0 Å². The van der Waals surface area contributed by atoms with Crippen molar-refractivity contribution in [2.75, 3.05) is 12.4 Å². The van der Waals surface area contributed by atoms with E-state index in [1.165, 1.54) is 6.07 Å². The van der Waals surface area contributed by atoms with Gasteiger partial charge in [0.2, 0.25) is 5.91 Å². The Labute approximate surface area is 178 Å². The maximum absolute atomic E-state index is 12.6. The number of para-hydroxylation sites is 2. The van der Waals surface area contributed by atoms with E-state index in [-0.39, 0.29) is 17.9 Å². The number of hydrogen-bond donors (Lipinski definition) is 2. The minimum Gasteiger partial charge on any atom is -0.493 e. The largest absolute Gasteiger partial charge is 0.493 e. The molecule has 8 nitrogen and oxygen atoms in total. The summed E-state index contributed by atoms with van der Waals surface area (Å²) in [5.74, 6) is 1.69. The third-order valence-electron chi connectivity index (χ3n) is 4.97. The molecule has 0 aliphatic rings. The second-order valence-electron chi connectivity index (χ2n) is 7.08. The molecule has 0 fully saturated rings. The zero-order valence-electron chi connectivity index (χ0n) is 17.4. The maximum Gasteiger partial charge on any atom is 0.266 e. The number of amides is 1. The summed E-state index contributed by atoms with van der Waals surface area (Å²) in [5.41, 5.74) is 3.22. The molecule has 2 aromatic heterocycles. The first-order chi connectivity index (χ1) is 14.9. The Morgan fingerprint density at radius 2 is 1.81 bits per heavy atom. The third kappa shape index (κ3) is 4.28. The molecule has 31 heavy (non-hydrogen) atoms. The van der Waals surface area contributed by atoms with Crippen LogP contribution >= 0.6 is 0 Å². The average Bonchev–Trinajstić information content (AvgIpc) is 3.13. The summed E-state index contributed by atoms with van der Waals surface area (Å²) in [6.45, 7) is 3.68. The summed E-state index contributed by atoms with van der Waals surface area (Å²) in [6.07, 6.45) is 0.139. The number of H-pyrrole nitrogens is 1. The van der Waals surface area contributed by atoms with E-state index in [9.17, 15) is 9.59 Å². The Balaban J connectivity index is 1.46. The maximum atomic E-state index is 12.6. The molecule has 2 heterocycles. The number of methoxy groups -OCH3 is 1. The van der Waals surface area contributed by atoms with Crippen LogP contribution in [0.15, 0.2) is 59.4 Å². The smallest absolute Gasteiger partial charge is 0.266 e. The van der Waals surface area contributed by atoms with E-state index >= 15 is 0 Å². The first-order valence-corrected chi connectivity index (χ1v) is 9.73. The number of aromatic nitrogens is 3. The summed E-state index contributed by atoms with van der Waals surface area (Å²) in [6, 6.07) is 15.9. The summed E-state index contributed by atoms with van der Waals surface area (Å²) in [7, 11) is 1.59. The molecular formula is C23H22N4O4. The summed E-state index contributed by atoms with van der Waals surface area (Å²) in [4.78, 5) is 28.6. The number of rotatable bonds is 6. The highest BCUT2D eigenvalue weighted by atomic mass is 16.5. The fourth-order valence-corrected chi connectivity index (χ4v) is 3.41. The van der Waals surface area contributed by atoms with Gasteiger partial charge in [0.05, 0.1) is 13.5 Å². The van der Waals surface area contributed by atoms with E-state index in [0.29, 0.717) is 34.3 Å². The van der Waals surface area contributed by atoms with Gasteiger partial charge in [-0.05, 0) is 50.2 Å². The summed E-state index contributed by atoms with van der Waals surface area (Å²) >= 11 is 0. The van der Waals surface area contributed by atoms with Crippen LogP contribution in [0.4, 0.5) is 5.69 Å². The number of carbonyl (C=O) groups excluding carboxylic acids is 1. The van der Waals surface area contributed by atoms with Gasteiger partial charge in [0.1, 0.15) is 5.75 Å². The van der Waals surface area contributed by atoms with E-state index in [1.807, 2.05) is 38.1 Å². The fraction of sp³-hybridized carbons (Fsp3) is 0.174. The van der Waals surface area contributed by atoms with E-state index in [1.54, 1.807) is 35.9 Å². The number of hydrogen-bond acceptors (Lipinski definition) is 5. The molecule has 2 N–H and O–H groups in total. The van der Waals surface area contributed by atoms with Gasteiger partial charge in [-0.15, -0.1) is 0 Å². The van der Waals surface area contributed by atoms with Gasteiger partial charge in [-0.3, -0.25) is 14.7 Å². The van der Waals surface area contributed by atoms with E-state index in [0.717, 1.165) is 11.3 Å². The highest BCUT2D eigenvalue weighted by molar-refractivity contribution is 5.92. The number of ether oxygens (including phenoxy) is 2. The van der Waals surface area contributed by atoms with Crippen molar-refractivity contribution in [3.8, 4) is 17.2 Å². The zero-order valence-corrected chi connectivity index (χ0v) is 17.4. The molecule has 1 amide bonds. The molecule has 0 saturated heterocycles. The Morgan fingerprint density at radius 1 is 1.10 bits per heavy atom. The average molecular weight is 418 g/mol. The lowest BCUT2D eigenvalue weighted by molar-refractivity contribution is -0.115. The SMILES string of the molecule is COc1ccccc1Oc1ccc(NC(=O)Cc2c(C)nc3cc(=O)[nH]n3c2C)cc1. The Bertz CT molecular complexity index is 1310. The van der Waals surface area contributed by atoms with Crippen LogP contribution in [0.1, 0.15) is 17.0 Å². The molecule has 0 bridgehead atoms. The zero-order chi connectivity index (χ0) is 22.0. The number of carbonyl (C=O) groups is 1. The topological polar surface area (TPSA) is 97.7 Å². The number of aromatic amines is 1. The van der Waals surface area contributed by atoms with Crippen LogP contribution in [-0.4, -0.2) is 27.6 Å². The van der Waals surface area contributed by atoms with Crippen LogP contribution in [-0.2, 0) is 11.2 Å². The van der Waals surface area contributed by atoms with E-state index in [4.69, 9.17) is 9.47 Å². The van der Waals surface area contributed by atoms with Crippen LogP contribution in [0.2, 0.25) is 0 Å². The molecule has 0 aliphatic carbocycles. The molecule has 0 radical (unpaired) electrons. The van der Waals surface area contributed by atoms with Crippen molar-refractivity contribution in [3.05, 3.63) is 81.9 Å². The molecule has 0 aliphatic heterocycles. The van der Waals surface area contributed by atoms with Crippen molar-refractivity contribution in [3.63, 3.8) is 0 Å². The lowest BCUT2D eigenvalue weighted by atomic mass is 10.1. The number of nitrogens with zero attached hydrogens (tertiary/aromatic N) is 2. The molecule has 2 aromatic carbocycles.